The fourth-order valence-electron chi connectivity index (χ4n) is 5.50. The number of nitrogens with zero attached hydrogens (tertiary/aromatic N) is 4. The maximum absolute atomic E-state index is 15.1. The highest BCUT2D eigenvalue weighted by molar-refractivity contribution is 7.90. The molecule has 1 N–H and O–H groups in total. The molecule has 2 aromatic carbocycles. The van der Waals surface area contributed by atoms with Crippen LogP contribution >= 0.6 is 0 Å². The first-order valence-corrected chi connectivity index (χ1v) is 15.6. The van der Waals surface area contributed by atoms with Crippen LogP contribution in [-0.2, 0) is 14.6 Å². The van der Waals surface area contributed by atoms with Gasteiger partial charge in [0.1, 0.15) is 17.2 Å². The van der Waals surface area contributed by atoms with Crippen LogP contribution in [0.25, 0.3) is 10.9 Å². The number of benzene rings is 2. The van der Waals surface area contributed by atoms with E-state index < -0.39 is 21.3 Å². The largest absolute Gasteiger partial charge is 0.493 e. The molecule has 3 aromatic rings. The van der Waals surface area contributed by atoms with Crippen LogP contribution < -0.4 is 19.7 Å². The topological polar surface area (TPSA) is 123 Å². The fraction of sp³-hybridized carbons (Fsp3) is 0.483. The van der Waals surface area contributed by atoms with Crippen LogP contribution in [0, 0.1) is 5.82 Å². The van der Waals surface area contributed by atoms with Crippen molar-refractivity contribution in [3.63, 3.8) is 0 Å². The lowest BCUT2D eigenvalue weighted by molar-refractivity contribution is 0.0163. The van der Waals surface area contributed by atoms with E-state index in [1.165, 1.54) is 26.4 Å². The highest BCUT2D eigenvalue weighted by atomic mass is 32.2. The van der Waals surface area contributed by atoms with E-state index in [0.29, 0.717) is 53.7 Å². The van der Waals surface area contributed by atoms with E-state index in [1.807, 2.05) is 30.6 Å². The summed E-state index contributed by atoms with van der Waals surface area (Å²) in [7, 11) is -0.543. The van der Waals surface area contributed by atoms with Gasteiger partial charge in [0.25, 0.3) is 0 Å². The number of aromatic nitrogens is 2. The molecule has 1 aromatic heterocycles. The van der Waals surface area contributed by atoms with Crippen LogP contribution in [0.2, 0.25) is 0 Å². The summed E-state index contributed by atoms with van der Waals surface area (Å²) in [6.07, 6.45) is 3.16. The smallest absolute Gasteiger partial charge is 0.410 e. The summed E-state index contributed by atoms with van der Waals surface area (Å²) < 4.78 is 55.6. The molecule has 2 fully saturated rings. The first-order chi connectivity index (χ1) is 19.8. The Kier molecular flexibility index (Phi) is 7.82. The predicted octanol–water partition coefficient (Wildman–Crippen LogP) is 4.91. The minimum atomic E-state index is -3.58. The van der Waals surface area contributed by atoms with Gasteiger partial charge in [0.15, 0.2) is 21.3 Å². The lowest BCUT2D eigenvalue weighted by Crippen LogP contribution is -2.45. The first-order valence-electron chi connectivity index (χ1n) is 13.7. The Balaban J connectivity index is 1.54. The Morgan fingerprint density at radius 2 is 1.71 bits per heavy atom. The monoisotopic (exact) mass is 601 g/mol. The van der Waals surface area contributed by atoms with Crippen molar-refractivity contribution in [2.45, 2.75) is 62.6 Å². The van der Waals surface area contributed by atoms with Crippen LogP contribution in [0.3, 0.4) is 0 Å². The summed E-state index contributed by atoms with van der Waals surface area (Å²) in [5.74, 6) is 0.877. The SMILES string of the molecule is COc1cc2nc(N3CC[C@@H]4CC[C@H](C3)N4C(=O)OC(C)(C)C)nc(Nc3ccc(S(C)(=O)=O)cc3F)c2cc1OC. The van der Waals surface area contributed by atoms with Gasteiger partial charge in [-0.05, 0) is 64.3 Å². The molecule has 0 spiro atoms. The highest BCUT2D eigenvalue weighted by Gasteiger charge is 2.42. The number of methoxy groups -OCH3 is 2. The van der Waals surface area contributed by atoms with Crippen molar-refractivity contribution in [2.24, 2.45) is 0 Å². The van der Waals surface area contributed by atoms with Crippen LogP contribution in [-0.4, -0.2) is 80.6 Å². The number of ether oxygens (including phenoxy) is 3. The zero-order valence-electron chi connectivity index (χ0n) is 24.6. The summed E-state index contributed by atoms with van der Waals surface area (Å²) in [6, 6.07) is 7.09. The number of hydrogen-bond donors (Lipinski definition) is 1. The number of sulfone groups is 1. The Hall–Kier alpha value is -3.87. The molecule has 0 aliphatic carbocycles. The highest BCUT2D eigenvalue weighted by Crippen LogP contribution is 2.38. The number of carbonyl (C=O) groups excluding carboxylic acids is 1. The molecule has 1 amide bonds. The molecular formula is C29H36FN5O6S. The normalized spacial score (nSPS) is 19.0. The molecule has 2 bridgehead atoms. The predicted molar refractivity (Wildman–Crippen MR) is 157 cm³/mol. The first kappa shape index (κ1) is 29.6. The second kappa shape index (κ2) is 11.1. The van der Waals surface area contributed by atoms with Crippen molar-refractivity contribution in [2.75, 3.05) is 43.8 Å². The minimum absolute atomic E-state index is 0.0501. The van der Waals surface area contributed by atoms with E-state index in [-0.39, 0.29) is 28.8 Å². The van der Waals surface area contributed by atoms with Gasteiger partial charge < -0.3 is 29.3 Å². The third-order valence-corrected chi connectivity index (χ3v) is 8.59. The fourth-order valence-corrected chi connectivity index (χ4v) is 6.14. The summed E-state index contributed by atoms with van der Waals surface area (Å²) >= 11 is 0. The number of hydrogen-bond acceptors (Lipinski definition) is 10. The number of anilines is 3. The van der Waals surface area contributed by atoms with Crippen LogP contribution in [0.1, 0.15) is 40.0 Å². The van der Waals surface area contributed by atoms with Crippen molar-refractivity contribution in [1.29, 1.82) is 0 Å². The van der Waals surface area contributed by atoms with Gasteiger partial charge in [0.2, 0.25) is 5.95 Å². The molecule has 2 atom stereocenters. The van der Waals surface area contributed by atoms with Gasteiger partial charge >= 0.3 is 6.09 Å². The summed E-state index contributed by atoms with van der Waals surface area (Å²) in [5, 5.41) is 3.59. The zero-order chi connectivity index (χ0) is 30.4. The summed E-state index contributed by atoms with van der Waals surface area (Å²) in [4.78, 5) is 26.5. The summed E-state index contributed by atoms with van der Waals surface area (Å²) in [6.45, 7) is 6.68. The third kappa shape index (κ3) is 6.01. The Bertz CT molecular complexity index is 1630. The summed E-state index contributed by atoms with van der Waals surface area (Å²) in [5.41, 5.74) is -0.0136. The number of halogens is 1. The maximum atomic E-state index is 15.1. The Labute approximate surface area is 244 Å². The van der Waals surface area contributed by atoms with E-state index in [1.54, 1.807) is 12.1 Å². The molecule has 226 valence electrons. The van der Waals surface area contributed by atoms with Gasteiger partial charge in [-0.3, -0.25) is 0 Å². The van der Waals surface area contributed by atoms with E-state index in [9.17, 15) is 13.2 Å². The minimum Gasteiger partial charge on any atom is -0.493 e. The second-order valence-corrected chi connectivity index (χ2v) is 13.7. The van der Waals surface area contributed by atoms with Crippen LogP contribution in [0.5, 0.6) is 11.5 Å². The second-order valence-electron chi connectivity index (χ2n) is 11.6. The number of rotatable bonds is 6. The molecule has 2 saturated heterocycles. The van der Waals surface area contributed by atoms with E-state index in [0.717, 1.165) is 25.2 Å². The molecule has 3 heterocycles. The van der Waals surface area contributed by atoms with E-state index in [4.69, 9.17) is 24.2 Å². The molecule has 42 heavy (non-hydrogen) atoms. The van der Waals surface area contributed by atoms with Crippen molar-refractivity contribution in [1.82, 2.24) is 14.9 Å². The molecule has 0 unspecified atom stereocenters. The molecule has 2 aliphatic rings. The quantitative estimate of drug-likeness (QED) is 0.417. The van der Waals surface area contributed by atoms with Gasteiger partial charge in [-0.1, -0.05) is 0 Å². The maximum Gasteiger partial charge on any atom is 0.410 e. The van der Waals surface area contributed by atoms with Gasteiger partial charge in [-0.15, -0.1) is 0 Å². The van der Waals surface area contributed by atoms with E-state index >= 15 is 4.39 Å². The van der Waals surface area contributed by atoms with Crippen molar-refractivity contribution in [3.8, 4) is 11.5 Å². The average Bonchev–Trinajstić information content (AvgIpc) is 3.21. The Morgan fingerprint density at radius 3 is 2.36 bits per heavy atom. The molecule has 2 aliphatic heterocycles. The number of nitrogens with one attached hydrogen (secondary N) is 1. The van der Waals surface area contributed by atoms with Gasteiger partial charge in [0, 0.05) is 36.8 Å². The average molecular weight is 602 g/mol. The molecule has 11 nitrogen and oxygen atoms in total. The van der Waals surface area contributed by atoms with Gasteiger partial charge in [0.05, 0.1) is 36.4 Å². The van der Waals surface area contributed by atoms with E-state index in [2.05, 4.69) is 5.32 Å². The number of fused-ring (bicyclic) bond motifs is 3. The number of amides is 1. The zero-order valence-corrected chi connectivity index (χ0v) is 25.4. The van der Waals surface area contributed by atoms with Crippen molar-refractivity contribution in [3.05, 3.63) is 36.1 Å². The standard InChI is InChI=1S/C29H36FN5O6S/c1-29(2,3)41-28(36)35-17-7-8-18(35)16-34(12-11-17)27-32-23-15-25(40-5)24(39-4)14-20(23)26(33-27)31-22-10-9-19(13-21(22)30)42(6,37)38/h9-10,13-15,17-18H,7-8,11-12,16H2,1-6H3,(H,31,32,33)/t17-,18+/m0/s1. The molecule has 0 radical (unpaired) electrons. The molecule has 0 saturated carbocycles. The van der Waals surface area contributed by atoms with Gasteiger partial charge in [-0.25, -0.2) is 22.6 Å². The third-order valence-electron chi connectivity index (χ3n) is 7.48. The lowest BCUT2D eigenvalue weighted by atomic mass is 10.1. The molecular weight excluding hydrogens is 565 g/mol. The van der Waals surface area contributed by atoms with Crippen molar-refractivity contribution < 1.29 is 31.8 Å². The molecule has 5 rings (SSSR count). The number of carbonyl (C=O) groups is 1. The van der Waals surface area contributed by atoms with Gasteiger partial charge in [-0.2, -0.15) is 4.98 Å². The molecule has 13 heteroatoms. The van der Waals surface area contributed by atoms with Crippen LogP contribution in [0.4, 0.5) is 26.6 Å². The Morgan fingerprint density at radius 1 is 1.02 bits per heavy atom. The van der Waals surface area contributed by atoms with Crippen molar-refractivity contribution >= 4 is 44.3 Å². The lowest BCUT2D eigenvalue weighted by Gasteiger charge is -2.31. The van der Waals surface area contributed by atoms with Crippen LogP contribution in [0.15, 0.2) is 35.2 Å².